The summed E-state index contributed by atoms with van der Waals surface area (Å²) in [7, 11) is -6.62. The largest absolute Gasteiger partial charge is 0.419 e. The highest BCUT2D eigenvalue weighted by Gasteiger charge is 2.31. The Hall–Kier alpha value is -2.80. The highest BCUT2D eigenvalue weighted by molar-refractivity contribution is 7.93. The van der Waals surface area contributed by atoms with Crippen LogP contribution in [-0.4, -0.2) is 27.9 Å². The van der Waals surface area contributed by atoms with Gasteiger partial charge in [-0.25, -0.2) is 30.7 Å². The molecule has 0 saturated heterocycles. The summed E-state index contributed by atoms with van der Waals surface area (Å²) in [6.07, 6.45) is 0. The molecule has 2 heterocycles. The second-order valence-corrected chi connectivity index (χ2v) is 12.0. The van der Waals surface area contributed by atoms with Crippen molar-refractivity contribution in [2.24, 2.45) is 7.05 Å². The maximum Gasteiger partial charge on any atom is 0.419 e. The van der Waals surface area contributed by atoms with E-state index in [9.17, 15) is 26.0 Å². The molecular weight excluding hydrogens is 479 g/mol. The average molecular weight is 497 g/mol. The van der Waals surface area contributed by atoms with E-state index in [1.165, 1.54) is 48.0 Å². The van der Waals surface area contributed by atoms with Gasteiger partial charge < -0.3 is 4.42 Å². The molecule has 2 aromatic heterocycles. The van der Waals surface area contributed by atoms with Crippen LogP contribution in [0.3, 0.4) is 0 Å². The Balaban J connectivity index is 1.68. The van der Waals surface area contributed by atoms with E-state index in [0.717, 1.165) is 23.5 Å². The molecule has 0 saturated carbocycles. The van der Waals surface area contributed by atoms with E-state index >= 15 is 0 Å². The van der Waals surface area contributed by atoms with Crippen LogP contribution < -0.4 is 10.5 Å². The van der Waals surface area contributed by atoms with Crippen LogP contribution in [0, 0.1) is 5.82 Å². The van der Waals surface area contributed by atoms with Gasteiger partial charge in [-0.1, -0.05) is 18.2 Å². The Morgan fingerprint density at radius 3 is 2.47 bits per heavy atom. The predicted molar refractivity (Wildman–Crippen MR) is 117 cm³/mol. The van der Waals surface area contributed by atoms with Crippen molar-refractivity contribution in [1.29, 1.82) is 0 Å². The van der Waals surface area contributed by atoms with Crippen molar-refractivity contribution in [3.8, 4) is 0 Å². The summed E-state index contributed by atoms with van der Waals surface area (Å²) >= 11 is 1.01. The maximum absolute atomic E-state index is 13.4. The third-order valence-corrected chi connectivity index (χ3v) is 9.88. The summed E-state index contributed by atoms with van der Waals surface area (Å²) in [4.78, 5) is 11.5. The fourth-order valence-electron chi connectivity index (χ4n) is 3.20. The van der Waals surface area contributed by atoms with Crippen LogP contribution in [-0.2, 0) is 26.9 Å². The molecule has 168 valence electrons. The number of nitrogens with one attached hydrogen (secondary N) is 1. The standard InChI is InChI=1S/C20H17FN2O6S3/c1-23-16-9-8-15(11-17(16)29-20(23)24)32(27,28)22-12-18(13-4-6-14(21)7-5-13)31(25,26)19-3-2-10-30-19/h2-11,18,22H,12H2,1H3/t18-/m0/s1. The quantitative estimate of drug-likeness (QED) is 0.421. The van der Waals surface area contributed by atoms with Crippen molar-refractivity contribution in [2.45, 2.75) is 14.4 Å². The first-order chi connectivity index (χ1) is 15.1. The van der Waals surface area contributed by atoms with Gasteiger partial charge in [0.15, 0.2) is 15.4 Å². The Bertz CT molecular complexity index is 1540. The van der Waals surface area contributed by atoms with Crippen LogP contribution in [0.1, 0.15) is 10.8 Å². The van der Waals surface area contributed by atoms with E-state index < -0.39 is 43.2 Å². The third kappa shape index (κ3) is 4.13. The smallest absolute Gasteiger partial charge is 0.408 e. The first-order valence-electron chi connectivity index (χ1n) is 9.22. The SMILES string of the molecule is Cn1c(=O)oc2cc(S(=O)(=O)NC[C@@H](c3ccc(F)cc3)S(=O)(=O)c3cccs3)ccc21. The number of halogens is 1. The minimum Gasteiger partial charge on any atom is -0.408 e. The Kier molecular flexibility index (Phi) is 5.79. The van der Waals surface area contributed by atoms with E-state index in [2.05, 4.69) is 4.72 Å². The van der Waals surface area contributed by atoms with E-state index in [0.29, 0.717) is 5.52 Å². The third-order valence-electron chi connectivity index (χ3n) is 4.92. The number of sulfonamides is 1. The zero-order valence-electron chi connectivity index (χ0n) is 16.6. The van der Waals surface area contributed by atoms with Crippen LogP contribution in [0.2, 0.25) is 0 Å². The van der Waals surface area contributed by atoms with Crippen molar-refractivity contribution in [3.05, 3.63) is 81.9 Å². The van der Waals surface area contributed by atoms with Crippen LogP contribution >= 0.6 is 11.3 Å². The summed E-state index contributed by atoms with van der Waals surface area (Å²) in [5, 5.41) is 0.316. The molecule has 32 heavy (non-hydrogen) atoms. The molecule has 0 aliphatic carbocycles. The molecule has 2 aromatic carbocycles. The fraction of sp³-hybridized carbons (Fsp3) is 0.150. The number of nitrogens with zero attached hydrogens (tertiary/aromatic N) is 1. The number of fused-ring (bicyclic) bond motifs is 1. The van der Waals surface area contributed by atoms with Gasteiger partial charge >= 0.3 is 5.76 Å². The summed E-state index contributed by atoms with van der Waals surface area (Å²) in [6.45, 7) is -0.481. The van der Waals surface area contributed by atoms with Crippen LogP contribution in [0.4, 0.5) is 4.39 Å². The Morgan fingerprint density at radius 2 is 1.81 bits per heavy atom. The molecule has 0 aliphatic heterocycles. The molecular formula is C20H17FN2O6S3. The monoisotopic (exact) mass is 496 g/mol. The van der Waals surface area contributed by atoms with Crippen LogP contribution in [0.25, 0.3) is 11.1 Å². The van der Waals surface area contributed by atoms with Crippen molar-refractivity contribution < 1.29 is 25.6 Å². The van der Waals surface area contributed by atoms with Gasteiger partial charge in [0.1, 0.15) is 15.3 Å². The number of thiophene rings is 1. The Labute approximate surface area is 186 Å². The van der Waals surface area contributed by atoms with E-state index in [4.69, 9.17) is 4.42 Å². The lowest BCUT2D eigenvalue weighted by Gasteiger charge is -2.18. The van der Waals surface area contributed by atoms with Gasteiger partial charge in [-0.2, -0.15) is 0 Å². The van der Waals surface area contributed by atoms with Gasteiger partial charge in [-0.3, -0.25) is 4.57 Å². The minimum atomic E-state index is -4.15. The second kappa shape index (κ2) is 8.28. The van der Waals surface area contributed by atoms with Gasteiger partial charge in [0, 0.05) is 19.7 Å². The van der Waals surface area contributed by atoms with Crippen LogP contribution in [0.15, 0.2) is 78.3 Å². The fourth-order valence-corrected chi connectivity index (χ4v) is 7.23. The minimum absolute atomic E-state index is 0.0681. The zero-order valence-corrected chi connectivity index (χ0v) is 19.0. The Morgan fingerprint density at radius 1 is 1.09 bits per heavy atom. The van der Waals surface area contributed by atoms with Gasteiger partial charge in [0.05, 0.1) is 10.4 Å². The lowest BCUT2D eigenvalue weighted by Crippen LogP contribution is -2.31. The number of benzene rings is 2. The summed E-state index contributed by atoms with van der Waals surface area (Å²) in [5.74, 6) is -1.18. The van der Waals surface area contributed by atoms with Gasteiger partial charge in [-0.05, 0) is 41.3 Å². The molecule has 0 radical (unpaired) electrons. The summed E-state index contributed by atoms with van der Waals surface area (Å²) < 4.78 is 74.1. The molecule has 0 amide bonds. The number of hydrogen-bond acceptors (Lipinski definition) is 7. The second-order valence-electron chi connectivity index (χ2n) is 6.93. The topological polar surface area (TPSA) is 115 Å². The highest BCUT2D eigenvalue weighted by Crippen LogP contribution is 2.31. The molecule has 4 aromatic rings. The number of rotatable bonds is 7. The number of aromatic nitrogens is 1. The molecule has 0 bridgehead atoms. The van der Waals surface area contributed by atoms with E-state index in [-0.39, 0.29) is 20.3 Å². The van der Waals surface area contributed by atoms with E-state index in [1.807, 2.05) is 0 Å². The zero-order chi connectivity index (χ0) is 23.1. The lowest BCUT2D eigenvalue weighted by molar-refractivity contribution is 0.527. The van der Waals surface area contributed by atoms with Gasteiger partial charge in [0.2, 0.25) is 10.0 Å². The van der Waals surface area contributed by atoms with Crippen molar-refractivity contribution in [2.75, 3.05) is 6.54 Å². The summed E-state index contributed by atoms with van der Waals surface area (Å²) in [6, 6.07) is 11.8. The molecule has 12 heteroatoms. The van der Waals surface area contributed by atoms with Gasteiger partial charge in [0.25, 0.3) is 0 Å². The van der Waals surface area contributed by atoms with Crippen molar-refractivity contribution >= 4 is 42.3 Å². The van der Waals surface area contributed by atoms with Crippen molar-refractivity contribution in [1.82, 2.24) is 9.29 Å². The van der Waals surface area contributed by atoms with E-state index in [1.54, 1.807) is 11.4 Å². The number of aryl methyl sites for hydroxylation is 1. The number of sulfone groups is 1. The summed E-state index contributed by atoms with van der Waals surface area (Å²) in [5.41, 5.74) is 0.743. The first-order valence-corrected chi connectivity index (χ1v) is 13.1. The molecule has 0 unspecified atom stereocenters. The molecule has 4 rings (SSSR count). The average Bonchev–Trinajstić information content (AvgIpc) is 3.38. The molecule has 8 nitrogen and oxygen atoms in total. The molecule has 0 fully saturated rings. The molecule has 1 atom stereocenters. The highest BCUT2D eigenvalue weighted by atomic mass is 32.2. The van der Waals surface area contributed by atoms with Crippen LogP contribution in [0.5, 0.6) is 0 Å². The lowest BCUT2D eigenvalue weighted by atomic mass is 10.1. The number of hydrogen-bond donors (Lipinski definition) is 1. The van der Waals surface area contributed by atoms with Gasteiger partial charge in [-0.15, -0.1) is 11.3 Å². The predicted octanol–water partition coefficient (Wildman–Crippen LogP) is 2.83. The number of oxazole rings is 1. The molecule has 1 N–H and O–H groups in total. The normalized spacial score (nSPS) is 13.4. The maximum atomic E-state index is 13.4. The van der Waals surface area contributed by atoms with Crippen molar-refractivity contribution in [3.63, 3.8) is 0 Å². The first kappa shape index (κ1) is 22.4. The molecule has 0 spiro atoms. The molecule has 0 aliphatic rings.